The van der Waals surface area contributed by atoms with E-state index in [1.54, 1.807) is 26.4 Å². The number of methoxy groups -OCH3 is 2. The number of rotatable bonds is 9. The molecule has 0 aliphatic rings. The van der Waals surface area contributed by atoms with Crippen molar-refractivity contribution in [3.63, 3.8) is 0 Å². The van der Waals surface area contributed by atoms with Crippen molar-refractivity contribution in [1.29, 1.82) is 0 Å². The van der Waals surface area contributed by atoms with E-state index < -0.39 is 0 Å². The largest absolute Gasteiger partial charge is 0.497 e. The van der Waals surface area contributed by atoms with Crippen LogP contribution in [0.2, 0.25) is 0 Å². The van der Waals surface area contributed by atoms with Crippen LogP contribution in [0, 0.1) is 0 Å². The third-order valence-corrected chi connectivity index (χ3v) is 8.26. The van der Waals surface area contributed by atoms with E-state index in [0.29, 0.717) is 17.1 Å². The van der Waals surface area contributed by atoms with Gasteiger partial charge in [0, 0.05) is 17.8 Å². The predicted molar refractivity (Wildman–Crippen MR) is 202 cm³/mol. The van der Waals surface area contributed by atoms with E-state index >= 15 is 0 Å². The average molecular weight is 689 g/mol. The lowest BCUT2D eigenvalue weighted by Crippen LogP contribution is -2.18. The zero-order valence-electron chi connectivity index (χ0n) is 31.0. The summed E-state index contributed by atoms with van der Waals surface area (Å²) in [5.41, 5.74) is 4.91. The summed E-state index contributed by atoms with van der Waals surface area (Å²) in [6.07, 6.45) is 0. The predicted octanol–water partition coefficient (Wildman–Crippen LogP) is 9.78. The van der Waals surface area contributed by atoms with Crippen molar-refractivity contribution in [3.8, 4) is 23.0 Å². The Morgan fingerprint density at radius 1 is 0.431 bits per heavy atom. The summed E-state index contributed by atoms with van der Waals surface area (Å²) in [5.74, 6) is 2.29. The van der Waals surface area contributed by atoms with Crippen molar-refractivity contribution in [2.75, 3.05) is 14.2 Å². The van der Waals surface area contributed by atoms with Crippen LogP contribution in [0.25, 0.3) is 0 Å². The Morgan fingerprint density at radius 3 is 1.02 bits per heavy atom. The maximum atomic E-state index is 12.1. The van der Waals surface area contributed by atoms with Crippen molar-refractivity contribution in [3.05, 3.63) is 155 Å². The molecule has 5 aromatic rings. The molecule has 0 aliphatic carbocycles. The van der Waals surface area contributed by atoms with Crippen molar-refractivity contribution in [2.24, 2.45) is 0 Å². The van der Waals surface area contributed by atoms with Gasteiger partial charge in [0.25, 0.3) is 0 Å². The van der Waals surface area contributed by atoms with E-state index in [9.17, 15) is 14.4 Å². The van der Waals surface area contributed by atoms with Crippen molar-refractivity contribution >= 4 is 17.7 Å². The number of ether oxygens (including phenoxy) is 4. The summed E-state index contributed by atoms with van der Waals surface area (Å²) in [6, 6.07) is 40.4. The Balaban J connectivity index is 0.000000254. The molecule has 0 heterocycles. The van der Waals surface area contributed by atoms with Crippen molar-refractivity contribution in [1.82, 2.24) is 0 Å². The summed E-state index contributed by atoms with van der Waals surface area (Å²) in [7, 11) is 3.32. The Kier molecular flexibility index (Phi) is 14.3. The minimum Gasteiger partial charge on any atom is -0.497 e. The fraction of sp³-hybridized carbons (Fsp3) is 0.250. The lowest BCUT2D eigenvalue weighted by Gasteiger charge is -2.26. The van der Waals surface area contributed by atoms with Gasteiger partial charge < -0.3 is 23.7 Å². The molecule has 0 fully saturated rings. The van der Waals surface area contributed by atoms with Gasteiger partial charge in [0.05, 0.1) is 19.8 Å². The minimum absolute atomic E-state index is 0.138. The van der Waals surface area contributed by atoms with Crippen molar-refractivity contribution in [2.45, 2.75) is 59.3 Å². The van der Waals surface area contributed by atoms with Crippen LogP contribution in [-0.2, 0) is 20.4 Å². The SMILES string of the molecule is CC(C)=O.COc1ccc(C(C)(C)c2ccc(OC(=O)c3ccccc3)cc2)cc1.COc1ccc(C(C)(C)c2ccc(OC(C)=O)cc2)cc1. The van der Waals surface area contributed by atoms with Gasteiger partial charge in [0.1, 0.15) is 28.8 Å². The number of hydrogen-bond donors (Lipinski definition) is 0. The monoisotopic (exact) mass is 688 g/mol. The summed E-state index contributed by atoms with van der Waals surface area (Å²) in [6.45, 7) is 13.1. The normalized spacial score (nSPS) is 10.7. The van der Waals surface area contributed by atoms with E-state index in [2.05, 4.69) is 52.0 Å². The number of benzene rings is 5. The zero-order valence-corrected chi connectivity index (χ0v) is 31.0. The van der Waals surface area contributed by atoms with E-state index in [1.807, 2.05) is 91.0 Å². The van der Waals surface area contributed by atoms with Gasteiger partial charge in [-0.15, -0.1) is 0 Å². The molecule has 51 heavy (non-hydrogen) atoms. The molecule has 0 N–H and O–H groups in total. The van der Waals surface area contributed by atoms with Crippen molar-refractivity contribution < 1.29 is 33.3 Å². The fourth-order valence-corrected chi connectivity index (χ4v) is 5.13. The van der Waals surface area contributed by atoms with Crippen LogP contribution in [0.15, 0.2) is 127 Å². The van der Waals surface area contributed by atoms with Crippen LogP contribution < -0.4 is 18.9 Å². The number of Topliss-reactive ketones (excluding diaryl/α,β-unsaturated/α-hetero) is 1. The van der Waals surface area contributed by atoms with Gasteiger partial charge in [-0.3, -0.25) is 4.79 Å². The summed E-state index contributed by atoms with van der Waals surface area (Å²) in [4.78, 5) is 32.5. The van der Waals surface area contributed by atoms with E-state index in [-0.39, 0.29) is 28.6 Å². The molecule has 0 atom stereocenters. The first-order valence-electron chi connectivity index (χ1n) is 16.6. The fourth-order valence-electron chi connectivity index (χ4n) is 5.13. The molecule has 266 valence electrons. The summed E-state index contributed by atoms with van der Waals surface area (Å²) in [5, 5.41) is 0. The van der Waals surface area contributed by atoms with Gasteiger partial charge in [-0.1, -0.05) is 94.4 Å². The van der Waals surface area contributed by atoms with Crippen LogP contribution in [0.3, 0.4) is 0 Å². The zero-order chi connectivity index (χ0) is 37.6. The molecule has 0 saturated carbocycles. The van der Waals surface area contributed by atoms with Crippen LogP contribution in [0.5, 0.6) is 23.0 Å². The quantitative estimate of drug-likeness (QED) is 0.113. The Labute approximate surface area is 302 Å². The summed E-state index contributed by atoms with van der Waals surface area (Å²) < 4.78 is 20.9. The molecule has 7 heteroatoms. The highest BCUT2D eigenvalue weighted by Gasteiger charge is 2.24. The maximum Gasteiger partial charge on any atom is 0.343 e. The number of ketones is 1. The van der Waals surface area contributed by atoms with Gasteiger partial charge in [0.15, 0.2) is 0 Å². The topological polar surface area (TPSA) is 88.1 Å². The lowest BCUT2D eigenvalue weighted by molar-refractivity contribution is -0.131. The van der Waals surface area contributed by atoms with Crippen LogP contribution in [0.1, 0.15) is 81.1 Å². The molecular formula is C44H48O7. The van der Waals surface area contributed by atoms with Gasteiger partial charge in [0.2, 0.25) is 0 Å². The Bertz CT molecular complexity index is 1840. The molecule has 0 saturated heterocycles. The lowest BCUT2D eigenvalue weighted by atomic mass is 9.78. The van der Waals surface area contributed by atoms with Gasteiger partial charge >= 0.3 is 11.9 Å². The molecule has 0 radical (unpaired) electrons. The second kappa shape index (κ2) is 18.3. The number of hydrogen-bond acceptors (Lipinski definition) is 7. The highest BCUT2D eigenvalue weighted by atomic mass is 16.5. The molecule has 0 aromatic heterocycles. The first-order valence-corrected chi connectivity index (χ1v) is 16.6. The second-order valence-corrected chi connectivity index (χ2v) is 13.0. The van der Waals surface area contributed by atoms with Crippen LogP contribution >= 0.6 is 0 Å². The molecule has 5 rings (SSSR count). The van der Waals surface area contributed by atoms with Crippen LogP contribution in [-0.4, -0.2) is 31.9 Å². The summed E-state index contributed by atoms with van der Waals surface area (Å²) >= 11 is 0. The van der Waals surface area contributed by atoms with E-state index in [4.69, 9.17) is 18.9 Å². The van der Waals surface area contributed by atoms with Gasteiger partial charge in [-0.05, 0) is 96.8 Å². The Morgan fingerprint density at radius 2 is 0.725 bits per heavy atom. The average Bonchev–Trinajstić information content (AvgIpc) is 3.12. The number of esters is 2. The molecule has 0 bridgehead atoms. The molecule has 0 amide bonds. The smallest absolute Gasteiger partial charge is 0.343 e. The minimum atomic E-state index is -0.354. The number of carbonyl (C=O) groups excluding carboxylic acids is 3. The first-order chi connectivity index (χ1) is 24.2. The highest BCUT2D eigenvalue weighted by molar-refractivity contribution is 5.91. The maximum absolute atomic E-state index is 12.1. The molecule has 7 nitrogen and oxygen atoms in total. The number of carbonyl (C=O) groups is 3. The molecule has 5 aromatic carbocycles. The third-order valence-electron chi connectivity index (χ3n) is 8.26. The molecule has 0 spiro atoms. The third kappa shape index (κ3) is 11.7. The van der Waals surface area contributed by atoms with Gasteiger partial charge in [-0.25, -0.2) is 4.79 Å². The standard InChI is InChI=1S/C23H22O3.C18H20O3.C3H6O/c1-23(2,18-9-13-20(25-3)14-10-18)19-11-15-21(16-12-19)26-22(24)17-7-5-4-6-8-17;1-13(19)21-17-11-7-15(8-12-17)18(2,3)14-5-9-16(20-4)10-6-14;1-3(2)4/h4-16H,1-3H3;5-12H,1-4H3;1-2H3. The van der Waals surface area contributed by atoms with E-state index in [0.717, 1.165) is 22.6 Å². The Hall–Kier alpha value is -5.69. The molecule has 0 aliphatic heterocycles. The van der Waals surface area contributed by atoms with Gasteiger partial charge in [-0.2, -0.15) is 0 Å². The van der Waals surface area contributed by atoms with Crippen LogP contribution in [0.4, 0.5) is 0 Å². The first kappa shape index (κ1) is 39.7. The highest BCUT2D eigenvalue weighted by Crippen LogP contribution is 2.34. The molecule has 0 unspecified atom stereocenters. The molecular weight excluding hydrogens is 640 g/mol. The van der Waals surface area contributed by atoms with E-state index in [1.165, 1.54) is 31.9 Å². The second-order valence-electron chi connectivity index (χ2n) is 13.0.